The Morgan fingerprint density at radius 3 is 2.00 bits per heavy atom. The lowest BCUT2D eigenvalue weighted by atomic mass is 9.79. The van der Waals surface area contributed by atoms with Crippen LogP contribution in [0.2, 0.25) is 0 Å². The van der Waals surface area contributed by atoms with Crippen molar-refractivity contribution in [1.82, 2.24) is 0 Å². The number of hydrogen-bond acceptors (Lipinski definition) is 3. The second-order valence-corrected chi connectivity index (χ2v) is 8.44. The average Bonchev–Trinajstić information content (AvgIpc) is 3.11. The fourth-order valence-electron chi connectivity index (χ4n) is 4.38. The van der Waals surface area contributed by atoms with E-state index in [0.29, 0.717) is 6.42 Å². The average molecular weight is 415 g/mol. The zero-order valence-corrected chi connectivity index (χ0v) is 17.6. The summed E-state index contributed by atoms with van der Waals surface area (Å²) in [6.45, 7) is 1.95. The number of esters is 1. The van der Waals surface area contributed by atoms with Crippen molar-refractivity contribution in [2.75, 3.05) is 6.61 Å². The SMILES string of the molecule is C[C@](CCC(=O)OCC1c2ccccc2-c2ccccc21)(Cc1ccccc1)C(=O)O. The maximum absolute atomic E-state index is 12.5. The maximum Gasteiger partial charge on any atom is 0.309 e. The van der Waals surface area contributed by atoms with Crippen molar-refractivity contribution in [3.8, 4) is 11.1 Å². The summed E-state index contributed by atoms with van der Waals surface area (Å²) in [6.07, 6.45) is 0.680. The predicted octanol–water partition coefficient (Wildman–Crippen LogP) is 5.46. The summed E-state index contributed by atoms with van der Waals surface area (Å²) in [7, 11) is 0. The van der Waals surface area contributed by atoms with E-state index in [1.807, 2.05) is 54.6 Å². The second kappa shape index (κ2) is 8.76. The Labute approximate surface area is 182 Å². The zero-order valence-electron chi connectivity index (χ0n) is 17.6. The molecule has 0 saturated carbocycles. The smallest absolute Gasteiger partial charge is 0.309 e. The van der Waals surface area contributed by atoms with Crippen molar-refractivity contribution >= 4 is 11.9 Å². The van der Waals surface area contributed by atoms with Crippen molar-refractivity contribution in [2.24, 2.45) is 5.41 Å². The van der Waals surface area contributed by atoms with E-state index in [9.17, 15) is 14.7 Å². The third-order valence-electron chi connectivity index (χ3n) is 6.21. The summed E-state index contributed by atoms with van der Waals surface area (Å²) in [5.74, 6) is -1.25. The normalized spacial score (nSPS) is 14.4. The molecule has 0 saturated heterocycles. The standard InChI is InChI=1S/C27H26O4/c1-27(26(29)30,17-19-9-3-2-4-10-19)16-15-25(28)31-18-24-22-13-7-5-11-20(22)21-12-6-8-14-23(21)24/h2-14,24H,15-18H2,1H3,(H,29,30)/t27-/m0/s1. The van der Waals surface area contributed by atoms with Crippen molar-refractivity contribution in [1.29, 1.82) is 0 Å². The van der Waals surface area contributed by atoms with E-state index in [0.717, 1.165) is 16.7 Å². The number of benzene rings is 3. The van der Waals surface area contributed by atoms with Gasteiger partial charge in [0.05, 0.1) is 5.41 Å². The molecule has 0 aliphatic heterocycles. The molecule has 1 aliphatic carbocycles. The molecule has 0 heterocycles. The quantitative estimate of drug-likeness (QED) is 0.498. The first-order valence-corrected chi connectivity index (χ1v) is 10.6. The molecule has 0 spiro atoms. The molecule has 0 aromatic heterocycles. The molecule has 0 bridgehead atoms. The van der Waals surface area contributed by atoms with Gasteiger partial charge in [0.1, 0.15) is 6.61 Å². The van der Waals surface area contributed by atoms with E-state index in [4.69, 9.17) is 4.74 Å². The summed E-state index contributed by atoms with van der Waals surface area (Å²) in [5.41, 5.74) is 4.61. The molecule has 158 valence electrons. The molecule has 0 fully saturated rings. The van der Waals surface area contributed by atoms with Gasteiger partial charge in [-0.05, 0) is 47.6 Å². The Hall–Kier alpha value is -3.40. The van der Waals surface area contributed by atoms with Gasteiger partial charge < -0.3 is 9.84 Å². The van der Waals surface area contributed by atoms with Crippen LogP contribution in [0.3, 0.4) is 0 Å². The molecule has 1 atom stereocenters. The molecule has 3 aromatic carbocycles. The number of rotatable bonds is 8. The van der Waals surface area contributed by atoms with Gasteiger partial charge in [0, 0.05) is 12.3 Å². The van der Waals surface area contributed by atoms with Crippen molar-refractivity contribution in [3.05, 3.63) is 95.6 Å². The number of aliphatic carboxylic acids is 1. The first kappa shape index (κ1) is 20.9. The fraction of sp³-hybridized carbons (Fsp3) is 0.259. The van der Waals surface area contributed by atoms with E-state index in [1.165, 1.54) is 11.1 Å². The number of carbonyl (C=O) groups excluding carboxylic acids is 1. The van der Waals surface area contributed by atoms with Gasteiger partial charge in [0.15, 0.2) is 0 Å². The molecular weight excluding hydrogens is 388 g/mol. The minimum Gasteiger partial charge on any atom is -0.481 e. The van der Waals surface area contributed by atoms with Crippen LogP contribution in [-0.2, 0) is 20.7 Å². The number of hydrogen-bond donors (Lipinski definition) is 1. The largest absolute Gasteiger partial charge is 0.481 e. The zero-order chi connectivity index (χ0) is 21.8. The monoisotopic (exact) mass is 414 g/mol. The van der Waals surface area contributed by atoms with Crippen molar-refractivity contribution < 1.29 is 19.4 Å². The Balaban J connectivity index is 1.40. The summed E-state index contributed by atoms with van der Waals surface area (Å²) >= 11 is 0. The molecule has 0 radical (unpaired) electrons. The topological polar surface area (TPSA) is 63.6 Å². The van der Waals surface area contributed by atoms with Gasteiger partial charge in [-0.15, -0.1) is 0 Å². The van der Waals surface area contributed by atoms with E-state index in [2.05, 4.69) is 24.3 Å². The third kappa shape index (κ3) is 4.38. The highest BCUT2D eigenvalue weighted by molar-refractivity contribution is 5.79. The molecule has 3 aromatic rings. The fourth-order valence-corrected chi connectivity index (χ4v) is 4.38. The lowest BCUT2D eigenvalue weighted by Gasteiger charge is -2.24. The molecule has 4 heteroatoms. The summed E-state index contributed by atoms with van der Waals surface area (Å²) < 4.78 is 5.63. The second-order valence-electron chi connectivity index (χ2n) is 8.44. The van der Waals surface area contributed by atoms with Crippen LogP contribution >= 0.6 is 0 Å². The van der Waals surface area contributed by atoms with Crippen LogP contribution in [-0.4, -0.2) is 23.7 Å². The van der Waals surface area contributed by atoms with Crippen LogP contribution in [0, 0.1) is 5.41 Å². The number of ether oxygens (including phenoxy) is 1. The third-order valence-corrected chi connectivity index (χ3v) is 6.21. The first-order chi connectivity index (χ1) is 15.0. The van der Waals surface area contributed by atoms with Gasteiger partial charge in [-0.25, -0.2) is 0 Å². The lowest BCUT2D eigenvalue weighted by Crippen LogP contribution is -2.31. The number of fused-ring (bicyclic) bond motifs is 3. The van der Waals surface area contributed by atoms with Gasteiger partial charge in [-0.3, -0.25) is 9.59 Å². The van der Waals surface area contributed by atoms with Crippen LogP contribution in [0.4, 0.5) is 0 Å². The van der Waals surface area contributed by atoms with Crippen LogP contribution in [0.15, 0.2) is 78.9 Å². The predicted molar refractivity (Wildman–Crippen MR) is 120 cm³/mol. The molecule has 1 N–H and O–H groups in total. The van der Waals surface area contributed by atoms with Crippen LogP contribution in [0.1, 0.15) is 42.4 Å². The van der Waals surface area contributed by atoms with Crippen molar-refractivity contribution in [2.45, 2.75) is 32.1 Å². The summed E-state index contributed by atoms with van der Waals surface area (Å²) in [5, 5.41) is 9.78. The van der Waals surface area contributed by atoms with E-state index < -0.39 is 11.4 Å². The van der Waals surface area contributed by atoms with Crippen LogP contribution in [0.25, 0.3) is 11.1 Å². The highest BCUT2D eigenvalue weighted by Gasteiger charge is 2.34. The van der Waals surface area contributed by atoms with Crippen LogP contribution in [0.5, 0.6) is 0 Å². The van der Waals surface area contributed by atoms with Gasteiger partial charge in [-0.2, -0.15) is 0 Å². The van der Waals surface area contributed by atoms with Gasteiger partial charge in [0.2, 0.25) is 0 Å². The minimum atomic E-state index is -1.02. The number of carboxylic acid groups (broad SMARTS) is 1. The Morgan fingerprint density at radius 2 is 1.42 bits per heavy atom. The first-order valence-electron chi connectivity index (χ1n) is 10.6. The molecule has 1 aliphatic rings. The maximum atomic E-state index is 12.5. The molecule has 0 amide bonds. The van der Waals surface area contributed by atoms with E-state index >= 15 is 0 Å². The Morgan fingerprint density at radius 1 is 0.871 bits per heavy atom. The van der Waals surface area contributed by atoms with E-state index in [1.54, 1.807) is 6.92 Å². The number of carbonyl (C=O) groups is 2. The minimum absolute atomic E-state index is 0.00604. The van der Waals surface area contributed by atoms with Gasteiger partial charge >= 0.3 is 11.9 Å². The van der Waals surface area contributed by atoms with Gasteiger partial charge in [0.25, 0.3) is 0 Å². The highest BCUT2D eigenvalue weighted by Crippen LogP contribution is 2.44. The molecule has 4 nitrogen and oxygen atoms in total. The summed E-state index contributed by atoms with van der Waals surface area (Å²) in [4.78, 5) is 24.5. The molecular formula is C27H26O4. The molecule has 0 unspecified atom stereocenters. The number of carboxylic acids is 1. The Kier molecular flexibility index (Phi) is 5.90. The van der Waals surface area contributed by atoms with Gasteiger partial charge in [-0.1, -0.05) is 78.9 Å². The molecule has 4 rings (SSSR count). The van der Waals surface area contributed by atoms with Crippen molar-refractivity contribution in [3.63, 3.8) is 0 Å². The molecule has 31 heavy (non-hydrogen) atoms. The summed E-state index contributed by atoms with van der Waals surface area (Å²) in [6, 6.07) is 25.9. The van der Waals surface area contributed by atoms with E-state index in [-0.39, 0.29) is 31.3 Å². The lowest BCUT2D eigenvalue weighted by molar-refractivity contribution is -0.150. The van der Waals surface area contributed by atoms with Crippen LogP contribution < -0.4 is 0 Å². The Bertz CT molecular complexity index is 1040. The highest BCUT2D eigenvalue weighted by atomic mass is 16.5.